The first-order valence-corrected chi connectivity index (χ1v) is 10.7. The van der Waals surface area contributed by atoms with Gasteiger partial charge in [0.25, 0.3) is 0 Å². The Balaban J connectivity index is 1.91. The van der Waals surface area contributed by atoms with E-state index < -0.39 is 5.97 Å². The van der Waals surface area contributed by atoms with Crippen LogP contribution in [0.1, 0.15) is 46.7 Å². The van der Waals surface area contributed by atoms with Crippen LogP contribution >= 0.6 is 11.6 Å². The molecule has 0 bridgehead atoms. The van der Waals surface area contributed by atoms with Gasteiger partial charge in [-0.15, -0.1) is 0 Å². The van der Waals surface area contributed by atoms with Crippen LogP contribution in [0.25, 0.3) is 17.2 Å². The van der Waals surface area contributed by atoms with Crippen LogP contribution in [0.2, 0.25) is 5.02 Å². The van der Waals surface area contributed by atoms with Gasteiger partial charge in [0.05, 0.1) is 11.6 Å². The topological polar surface area (TPSA) is 49.7 Å². The molecular formula is C27H21ClFNO2. The molecule has 0 fully saturated rings. The van der Waals surface area contributed by atoms with Crippen LogP contribution in [-0.4, -0.2) is 17.3 Å². The second-order valence-corrected chi connectivity index (χ2v) is 7.92. The van der Waals surface area contributed by atoms with Crippen molar-refractivity contribution in [1.29, 1.82) is 0 Å². The highest BCUT2D eigenvalue weighted by Crippen LogP contribution is 2.38. The normalized spacial score (nSPS) is 13.3. The SMILES string of the molecule is CC/C(=C(/c1ccc(/C=C/C(=O)O)cc1)c1ccc2c(c1)C=NC2)c1ccc(F)cc1Cl. The van der Waals surface area contributed by atoms with E-state index in [4.69, 9.17) is 16.7 Å². The largest absolute Gasteiger partial charge is 0.478 e. The zero-order valence-corrected chi connectivity index (χ0v) is 18.2. The van der Waals surface area contributed by atoms with E-state index in [1.54, 1.807) is 12.1 Å². The van der Waals surface area contributed by atoms with E-state index in [2.05, 4.69) is 23.2 Å². The van der Waals surface area contributed by atoms with Crippen LogP contribution < -0.4 is 0 Å². The zero-order chi connectivity index (χ0) is 22.7. The smallest absolute Gasteiger partial charge is 0.328 e. The van der Waals surface area contributed by atoms with Crippen molar-refractivity contribution in [2.45, 2.75) is 19.9 Å². The molecule has 0 unspecified atom stereocenters. The Morgan fingerprint density at radius 1 is 1.09 bits per heavy atom. The lowest BCUT2D eigenvalue weighted by molar-refractivity contribution is -0.131. The molecule has 32 heavy (non-hydrogen) atoms. The van der Waals surface area contributed by atoms with Crippen LogP contribution in [0, 0.1) is 5.82 Å². The van der Waals surface area contributed by atoms with Gasteiger partial charge in [0.1, 0.15) is 5.82 Å². The molecular weight excluding hydrogens is 425 g/mol. The van der Waals surface area contributed by atoms with Gasteiger partial charge >= 0.3 is 5.97 Å². The van der Waals surface area contributed by atoms with Crippen molar-refractivity contribution in [3.05, 3.63) is 111 Å². The third kappa shape index (κ3) is 4.56. The van der Waals surface area contributed by atoms with E-state index in [9.17, 15) is 9.18 Å². The van der Waals surface area contributed by atoms with Crippen LogP contribution in [0.3, 0.4) is 0 Å². The summed E-state index contributed by atoms with van der Waals surface area (Å²) in [4.78, 5) is 15.2. The Morgan fingerprint density at radius 3 is 2.53 bits per heavy atom. The van der Waals surface area contributed by atoms with Crippen molar-refractivity contribution >= 4 is 41.0 Å². The zero-order valence-electron chi connectivity index (χ0n) is 17.5. The summed E-state index contributed by atoms with van der Waals surface area (Å²) < 4.78 is 13.7. The van der Waals surface area contributed by atoms with Crippen molar-refractivity contribution < 1.29 is 14.3 Å². The molecule has 0 aromatic heterocycles. The van der Waals surface area contributed by atoms with Gasteiger partial charge in [-0.2, -0.15) is 0 Å². The van der Waals surface area contributed by atoms with Gasteiger partial charge in [-0.25, -0.2) is 9.18 Å². The number of carbonyl (C=O) groups is 1. The van der Waals surface area contributed by atoms with Crippen molar-refractivity contribution in [2.24, 2.45) is 4.99 Å². The van der Waals surface area contributed by atoms with E-state index in [0.29, 0.717) is 18.0 Å². The van der Waals surface area contributed by atoms with E-state index in [-0.39, 0.29) is 5.82 Å². The Kier molecular flexibility index (Phi) is 6.33. The molecule has 4 rings (SSSR count). The quantitative estimate of drug-likeness (QED) is 0.332. The van der Waals surface area contributed by atoms with Crippen LogP contribution in [-0.2, 0) is 11.3 Å². The number of halogens is 2. The molecule has 5 heteroatoms. The third-order valence-electron chi connectivity index (χ3n) is 5.46. The van der Waals surface area contributed by atoms with Gasteiger partial charge < -0.3 is 5.11 Å². The summed E-state index contributed by atoms with van der Waals surface area (Å²) in [7, 11) is 0. The Labute approximate surface area is 191 Å². The number of aliphatic imine (C=N–C) groups is 1. The summed E-state index contributed by atoms with van der Waals surface area (Å²) in [6, 6.07) is 18.4. The monoisotopic (exact) mass is 445 g/mol. The Hall–Kier alpha value is -3.50. The summed E-state index contributed by atoms with van der Waals surface area (Å²) in [5.74, 6) is -1.37. The number of fused-ring (bicyclic) bond motifs is 1. The fourth-order valence-electron chi connectivity index (χ4n) is 3.94. The lowest BCUT2D eigenvalue weighted by atomic mass is 9.87. The van der Waals surface area contributed by atoms with Gasteiger partial charge in [0, 0.05) is 12.3 Å². The predicted molar refractivity (Wildman–Crippen MR) is 128 cm³/mol. The molecule has 1 heterocycles. The maximum Gasteiger partial charge on any atom is 0.328 e. The lowest BCUT2D eigenvalue weighted by Crippen LogP contribution is -1.98. The van der Waals surface area contributed by atoms with Crippen LogP contribution in [0.15, 0.2) is 71.7 Å². The number of hydrogen-bond acceptors (Lipinski definition) is 2. The third-order valence-corrected chi connectivity index (χ3v) is 5.77. The Morgan fingerprint density at radius 2 is 1.84 bits per heavy atom. The Bertz CT molecular complexity index is 1270. The number of aliphatic carboxylic acids is 1. The molecule has 0 amide bonds. The van der Waals surface area contributed by atoms with Gasteiger partial charge in [-0.05, 0) is 75.2 Å². The van der Waals surface area contributed by atoms with Crippen molar-refractivity contribution in [1.82, 2.24) is 0 Å². The number of hydrogen-bond donors (Lipinski definition) is 1. The summed E-state index contributed by atoms with van der Waals surface area (Å²) in [5.41, 5.74) is 7.81. The second-order valence-electron chi connectivity index (χ2n) is 7.51. The number of carboxylic acids is 1. The van der Waals surface area contributed by atoms with Crippen molar-refractivity contribution in [3.63, 3.8) is 0 Å². The molecule has 0 saturated carbocycles. The van der Waals surface area contributed by atoms with E-state index in [0.717, 1.165) is 45.0 Å². The lowest BCUT2D eigenvalue weighted by Gasteiger charge is -2.18. The molecule has 0 aliphatic carbocycles. The first-order chi connectivity index (χ1) is 15.5. The average molecular weight is 446 g/mol. The minimum Gasteiger partial charge on any atom is -0.478 e. The number of benzene rings is 3. The summed E-state index contributed by atoms with van der Waals surface area (Å²) >= 11 is 6.45. The highest BCUT2D eigenvalue weighted by atomic mass is 35.5. The standard InChI is InChI=1S/C27H21ClFNO2/c1-2-23(24-11-10-22(29)14-25(24)28)27(19-8-9-20-15-30-16-21(20)13-19)18-6-3-17(4-7-18)5-12-26(31)32/h3-14,16H,2,15H2,1H3,(H,31,32)/b12-5+,27-23+. The molecule has 1 N–H and O–H groups in total. The molecule has 0 saturated heterocycles. The average Bonchev–Trinajstić information content (AvgIpc) is 3.25. The van der Waals surface area contributed by atoms with E-state index in [1.807, 2.05) is 37.4 Å². The van der Waals surface area contributed by atoms with E-state index in [1.165, 1.54) is 17.7 Å². The van der Waals surface area contributed by atoms with E-state index >= 15 is 0 Å². The molecule has 1 aliphatic rings. The molecule has 0 atom stereocenters. The molecule has 0 radical (unpaired) electrons. The first-order valence-electron chi connectivity index (χ1n) is 10.3. The maximum atomic E-state index is 13.7. The number of allylic oxidation sites excluding steroid dienone is 1. The molecule has 3 aromatic carbocycles. The summed E-state index contributed by atoms with van der Waals surface area (Å²) in [6.07, 6.45) is 5.24. The second kappa shape index (κ2) is 9.33. The molecule has 3 aromatic rings. The van der Waals surface area contributed by atoms with Crippen LogP contribution in [0.5, 0.6) is 0 Å². The first kappa shape index (κ1) is 21.7. The van der Waals surface area contributed by atoms with Gasteiger partial charge in [0.15, 0.2) is 0 Å². The van der Waals surface area contributed by atoms with Crippen molar-refractivity contribution in [2.75, 3.05) is 0 Å². The van der Waals surface area contributed by atoms with Gasteiger partial charge in [-0.3, -0.25) is 4.99 Å². The van der Waals surface area contributed by atoms with Crippen molar-refractivity contribution in [3.8, 4) is 0 Å². The molecule has 0 spiro atoms. The predicted octanol–water partition coefficient (Wildman–Crippen LogP) is 6.88. The van der Waals surface area contributed by atoms with Crippen LogP contribution in [0.4, 0.5) is 4.39 Å². The number of rotatable bonds is 6. The van der Waals surface area contributed by atoms with Gasteiger partial charge in [-0.1, -0.05) is 61.0 Å². The minimum absolute atomic E-state index is 0.364. The highest BCUT2D eigenvalue weighted by molar-refractivity contribution is 6.32. The number of nitrogens with zero attached hydrogens (tertiary/aromatic N) is 1. The fourth-order valence-corrected chi connectivity index (χ4v) is 4.22. The maximum absolute atomic E-state index is 13.7. The minimum atomic E-state index is -0.992. The molecule has 160 valence electrons. The fraction of sp³-hybridized carbons (Fsp3) is 0.111. The number of carboxylic acid groups (broad SMARTS) is 1. The van der Waals surface area contributed by atoms with Gasteiger partial charge in [0.2, 0.25) is 0 Å². The molecule has 1 aliphatic heterocycles. The summed E-state index contributed by atoms with van der Waals surface area (Å²) in [6.45, 7) is 2.73. The highest BCUT2D eigenvalue weighted by Gasteiger charge is 2.17. The summed E-state index contributed by atoms with van der Waals surface area (Å²) in [5, 5.41) is 9.24. The molecule has 3 nitrogen and oxygen atoms in total.